The lowest BCUT2D eigenvalue weighted by molar-refractivity contribution is 0.874. The van der Waals surface area contributed by atoms with Gasteiger partial charge in [0.2, 0.25) is 10.1 Å². The van der Waals surface area contributed by atoms with Crippen molar-refractivity contribution >= 4 is 27.1 Å². The third-order valence-corrected chi connectivity index (χ3v) is 4.50. The van der Waals surface area contributed by atoms with Crippen LogP contribution in [-0.2, 0) is 13.0 Å². The number of nitrogens with one attached hydrogen (secondary N) is 2. The Morgan fingerprint density at radius 2 is 1.96 bits per heavy atom. The van der Waals surface area contributed by atoms with Gasteiger partial charge in [-0.25, -0.2) is 4.98 Å². The lowest BCUT2D eigenvalue weighted by Crippen LogP contribution is -2.15. The van der Waals surface area contributed by atoms with Crippen LogP contribution in [0.25, 0.3) is 4.96 Å². The number of aromatic nitrogens is 3. The maximum atomic E-state index is 12.0. The molecule has 0 aliphatic heterocycles. The highest BCUT2D eigenvalue weighted by molar-refractivity contribution is 7.20. The molecule has 2 N–H and O–H groups in total. The van der Waals surface area contributed by atoms with Crippen LogP contribution in [0.5, 0.6) is 0 Å². The van der Waals surface area contributed by atoms with Crippen molar-refractivity contribution in [1.82, 2.24) is 14.6 Å². The quantitative estimate of drug-likeness (QED) is 0.689. The molecule has 6 nitrogen and oxygen atoms in total. The molecule has 0 saturated heterocycles. The molecule has 7 heteroatoms. The first-order valence-corrected chi connectivity index (χ1v) is 8.97. The maximum absolute atomic E-state index is 12.0. The fraction of sp³-hybridized carbons (Fsp3) is 0.353. The molecule has 0 saturated carbocycles. The van der Waals surface area contributed by atoms with Gasteiger partial charge in [-0.2, -0.15) is 4.52 Å². The highest BCUT2D eigenvalue weighted by Crippen LogP contribution is 2.18. The monoisotopic (exact) mass is 343 g/mol. The van der Waals surface area contributed by atoms with E-state index in [1.807, 2.05) is 6.92 Å². The minimum atomic E-state index is -0.132. The van der Waals surface area contributed by atoms with Crippen LogP contribution < -0.4 is 16.2 Å². The number of benzene rings is 1. The summed E-state index contributed by atoms with van der Waals surface area (Å²) in [5, 5.41) is 11.6. The molecule has 0 radical (unpaired) electrons. The molecular formula is C17H21N5OS. The van der Waals surface area contributed by atoms with E-state index in [9.17, 15) is 4.79 Å². The second kappa shape index (κ2) is 7.44. The van der Waals surface area contributed by atoms with Gasteiger partial charge in [0.25, 0.3) is 5.56 Å². The van der Waals surface area contributed by atoms with Crippen molar-refractivity contribution < 1.29 is 0 Å². The number of hydrogen-bond donors (Lipinski definition) is 2. The van der Waals surface area contributed by atoms with E-state index in [0.717, 1.165) is 36.3 Å². The van der Waals surface area contributed by atoms with E-state index < -0.39 is 0 Å². The van der Waals surface area contributed by atoms with Crippen LogP contribution in [0.3, 0.4) is 0 Å². The van der Waals surface area contributed by atoms with Gasteiger partial charge in [-0.1, -0.05) is 37.3 Å². The van der Waals surface area contributed by atoms with Gasteiger partial charge < -0.3 is 10.6 Å². The van der Waals surface area contributed by atoms with E-state index in [1.165, 1.54) is 15.9 Å². The molecule has 0 aliphatic rings. The van der Waals surface area contributed by atoms with Gasteiger partial charge in [0.05, 0.1) is 0 Å². The van der Waals surface area contributed by atoms with Crippen molar-refractivity contribution in [3.8, 4) is 0 Å². The van der Waals surface area contributed by atoms with Gasteiger partial charge >= 0.3 is 0 Å². The van der Waals surface area contributed by atoms with E-state index in [-0.39, 0.29) is 5.56 Å². The normalized spacial score (nSPS) is 10.9. The van der Waals surface area contributed by atoms with Crippen molar-refractivity contribution in [2.24, 2.45) is 0 Å². The van der Waals surface area contributed by atoms with Gasteiger partial charge in [-0.05, 0) is 30.5 Å². The van der Waals surface area contributed by atoms with Crippen molar-refractivity contribution in [1.29, 1.82) is 0 Å². The van der Waals surface area contributed by atoms with Crippen LogP contribution in [0.2, 0.25) is 0 Å². The van der Waals surface area contributed by atoms with Crippen LogP contribution in [0, 0.1) is 0 Å². The fourth-order valence-corrected chi connectivity index (χ4v) is 3.12. The summed E-state index contributed by atoms with van der Waals surface area (Å²) in [7, 11) is 0. The Balaban J connectivity index is 1.69. The first kappa shape index (κ1) is 16.4. The molecule has 0 amide bonds. The molecule has 126 valence electrons. The molecule has 0 bridgehead atoms. The number of hydrogen-bond acceptors (Lipinski definition) is 6. The Bertz CT molecular complexity index is 869. The number of rotatable bonds is 7. The average molecular weight is 343 g/mol. The number of nitrogens with zero attached hydrogens (tertiary/aromatic N) is 3. The predicted molar refractivity (Wildman–Crippen MR) is 99.1 cm³/mol. The van der Waals surface area contributed by atoms with Gasteiger partial charge in [0, 0.05) is 30.5 Å². The lowest BCUT2D eigenvalue weighted by atomic mass is 10.2. The Morgan fingerprint density at radius 3 is 2.67 bits per heavy atom. The highest BCUT2D eigenvalue weighted by atomic mass is 32.1. The Hall–Kier alpha value is -2.41. The summed E-state index contributed by atoms with van der Waals surface area (Å²) >= 11 is 1.39. The Labute approximate surface area is 144 Å². The summed E-state index contributed by atoms with van der Waals surface area (Å²) in [4.78, 5) is 17.1. The van der Waals surface area contributed by atoms with Crippen molar-refractivity contribution in [3.05, 3.63) is 51.9 Å². The van der Waals surface area contributed by atoms with Gasteiger partial charge in [-0.15, -0.1) is 5.10 Å². The van der Waals surface area contributed by atoms with Crippen LogP contribution >= 0.6 is 11.3 Å². The summed E-state index contributed by atoms with van der Waals surface area (Å²) < 4.78 is 1.35. The molecule has 1 aromatic carbocycles. The zero-order chi connectivity index (χ0) is 16.9. The molecule has 2 heterocycles. The van der Waals surface area contributed by atoms with E-state index >= 15 is 0 Å². The predicted octanol–water partition coefficient (Wildman–Crippen LogP) is 3.15. The molecule has 0 atom stereocenters. The topological polar surface area (TPSA) is 71.3 Å². The summed E-state index contributed by atoms with van der Waals surface area (Å²) in [6, 6.07) is 9.85. The molecule has 3 rings (SSSR count). The van der Waals surface area contributed by atoms with Crippen LogP contribution in [0.4, 0.5) is 10.8 Å². The summed E-state index contributed by atoms with van der Waals surface area (Å²) in [6.45, 7) is 5.76. The first-order chi connectivity index (χ1) is 11.7. The van der Waals surface area contributed by atoms with Crippen LogP contribution in [-0.4, -0.2) is 21.1 Å². The molecule has 0 aliphatic carbocycles. The Kier molecular flexibility index (Phi) is 5.10. The van der Waals surface area contributed by atoms with Crippen molar-refractivity contribution in [2.45, 2.75) is 33.2 Å². The molecule has 0 fully saturated rings. The fourth-order valence-electron chi connectivity index (χ4n) is 2.30. The molecule has 0 spiro atoms. The summed E-state index contributed by atoms with van der Waals surface area (Å²) in [5.74, 6) is 0. The Morgan fingerprint density at radius 1 is 1.17 bits per heavy atom. The van der Waals surface area contributed by atoms with Crippen molar-refractivity contribution in [2.75, 3.05) is 17.2 Å². The zero-order valence-electron chi connectivity index (χ0n) is 13.9. The van der Waals surface area contributed by atoms with Crippen molar-refractivity contribution in [3.63, 3.8) is 0 Å². The molecule has 0 unspecified atom stereocenters. The first-order valence-electron chi connectivity index (χ1n) is 8.16. The lowest BCUT2D eigenvalue weighted by Gasteiger charge is -2.06. The van der Waals surface area contributed by atoms with E-state index in [1.54, 1.807) is 6.07 Å². The maximum Gasteiger partial charge on any atom is 0.275 e. The van der Waals surface area contributed by atoms with E-state index in [0.29, 0.717) is 16.6 Å². The van der Waals surface area contributed by atoms with Crippen LogP contribution in [0.1, 0.15) is 31.5 Å². The van der Waals surface area contributed by atoms with Gasteiger partial charge in [0.1, 0.15) is 0 Å². The molecule has 24 heavy (non-hydrogen) atoms. The summed E-state index contributed by atoms with van der Waals surface area (Å²) in [5.41, 5.74) is 2.95. The average Bonchev–Trinajstić information content (AvgIpc) is 3.02. The summed E-state index contributed by atoms with van der Waals surface area (Å²) in [6.07, 6.45) is 1.85. The largest absolute Gasteiger partial charge is 0.385 e. The zero-order valence-corrected chi connectivity index (χ0v) is 14.7. The third kappa shape index (κ3) is 3.73. The van der Waals surface area contributed by atoms with Gasteiger partial charge in [0.15, 0.2) is 0 Å². The third-order valence-electron chi connectivity index (χ3n) is 3.64. The van der Waals surface area contributed by atoms with E-state index in [2.05, 4.69) is 51.9 Å². The molecule has 3 aromatic rings. The number of fused-ring (bicyclic) bond motifs is 1. The second-order valence-electron chi connectivity index (χ2n) is 5.52. The highest BCUT2D eigenvalue weighted by Gasteiger charge is 2.08. The molecule has 2 aromatic heterocycles. The van der Waals surface area contributed by atoms with E-state index in [4.69, 9.17) is 0 Å². The van der Waals surface area contributed by atoms with Gasteiger partial charge in [-0.3, -0.25) is 4.79 Å². The minimum absolute atomic E-state index is 0.132. The SMILES string of the molecule is CCCNc1ccc(CNc2nn3c(=O)cc(CC)nc3s2)cc1. The van der Waals surface area contributed by atoms with Crippen LogP contribution in [0.15, 0.2) is 35.1 Å². The number of anilines is 2. The number of aryl methyl sites for hydroxylation is 1. The second-order valence-corrected chi connectivity index (χ2v) is 6.47. The smallest absolute Gasteiger partial charge is 0.275 e. The molecular weight excluding hydrogens is 322 g/mol. The standard InChI is InChI=1S/C17H21N5OS/c1-3-9-18-14-7-5-12(6-8-14)11-19-16-21-22-15(23)10-13(4-2)20-17(22)24-16/h5-8,10,18H,3-4,9,11H2,1-2H3,(H,19,21). The minimum Gasteiger partial charge on any atom is -0.385 e.